The van der Waals surface area contributed by atoms with Gasteiger partial charge in [-0.2, -0.15) is 5.10 Å². The molecule has 1 N–H and O–H groups in total. The monoisotopic (exact) mass is 267 g/mol. The summed E-state index contributed by atoms with van der Waals surface area (Å²) in [4.78, 5) is 21.4. The Labute approximate surface area is 108 Å². The van der Waals surface area contributed by atoms with Gasteiger partial charge < -0.3 is 0 Å². The first-order valence-electron chi connectivity index (χ1n) is 5.29. The molecule has 6 nitrogen and oxygen atoms in total. The molecule has 1 aromatic carbocycles. The summed E-state index contributed by atoms with van der Waals surface area (Å²) in [6.45, 7) is 1.85. The minimum absolute atomic E-state index is 0.0804. The summed E-state index contributed by atoms with van der Waals surface area (Å²) in [7, 11) is 0. The van der Waals surface area contributed by atoms with Crippen molar-refractivity contribution in [2.24, 2.45) is 11.0 Å². The minimum atomic E-state index is -0.543. The highest BCUT2D eigenvalue weighted by Crippen LogP contribution is 2.27. The number of amides is 1. The molecule has 1 unspecified atom stereocenters. The van der Waals surface area contributed by atoms with Crippen molar-refractivity contribution >= 4 is 28.9 Å². The molecule has 0 fully saturated rings. The summed E-state index contributed by atoms with van der Waals surface area (Å²) >= 11 is 5.74. The lowest BCUT2D eigenvalue weighted by atomic mass is 9.94. The molecular formula is C11H10ClN3O3. The normalized spacial score (nSPS) is 19.1. The third-order valence-electron chi connectivity index (χ3n) is 2.70. The van der Waals surface area contributed by atoms with Crippen molar-refractivity contribution in [2.75, 3.05) is 0 Å². The summed E-state index contributed by atoms with van der Waals surface area (Å²) in [6.07, 6.45) is 0.315. The number of benzene rings is 1. The fraction of sp³-hybridized carbons (Fsp3) is 0.273. The van der Waals surface area contributed by atoms with Crippen LogP contribution in [0.25, 0.3) is 0 Å². The number of nitro benzene ring substituents is 1. The van der Waals surface area contributed by atoms with Gasteiger partial charge in [-0.05, 0) is 6.07 Å². The van der Waals surface area contributed by atoms with Gasteiger partial charge in [-0.3, -0.25) is 14.9 Å². The number of carbonyl (C=O) groups is 1. The van der Waals surface area contributed by atoms with Crippen LogP contribution in [0.15, 0.2) is 23.3 Å². The maximum absolute atomic E-state index is 11.1. The van der Waals surface area contributed by atoms with Gasteiger partial charge in [-0.1, -0.05) is 24.6 Å². The molecule has 0 bridgehead atoms. The SMILES string of the molecule is CC1CC(=O)NN=C1c1ccc(Cl)c([N+](=O)[O-])c1. The smallest absolute Gasteiger partial charge is 0.273 e. The van der Waals surface area contributed by atoms with Crippen molar-refractivity contribution in [2.45, 2.75) is 13.3 Å². The number of hydrazone groups is 1. The van der Waals surface area contributed by atoms with Gasteiger partial charge in [-0.15, -0.1) is 0 Å². The number of nitrogens with zero attached hydrogens (tertiary/aromatic N) is 2. The fourth-order valence-corrected chi connectivity index (χ4v) is 2.00. The van der Waals surface area contributed by atoms with E-state index in [1.54, 1.807) is 6.07 Å². The summed E-state index contributed by atoms with van der Waals surface area (Å²) in [5.74, 6) is -0.241. The fourth-order valence-electron chi connectivity index (χ4n) is 1.81. The Balaban J connectivity index is 2.43. The first-order valence-corrected chi connectivity index (χ1v) is 5.67. The topological polar surface area (TPSA) is 84.6 Å². The van der Waals surface area contributed by atoms with Crippen molar-refractivity contribution in [3.8, 4) is 0 Å². The van der Waals surface area contributed by atoms with Crippen molar-refractivity contribution in [3.05, 3.63) is 38.9 Å². The third-order valence-corrected chi connectivity index (χ3v) is 3.02. The molecule has 1 aliphatic rings. The molecule has 0 radical (unpaired) electrons. The van der Waals surface area contributed by atoms with Gasteiger partial charge in [-0.25, -0.2) is 5.43 Å². The Morgan fingerprint density at radius 1 is 1.56 bits per heavy atom. The van der Waals surface area contributed by atoms with Crippen LogP contribution in [0.5, 0.6) is 0 Å². The quantitative estimate of drug-likeness (QED) is 0.658. The Bertz CT molecular complexity index is 556. The van der Waals surface area contributed by atoms with Crippen molar-refractivity contribution < 1.29 is 9.72 Å². The molecule has 0 saturated heterocycles. The minimum Gasteiger partial charge on any atom is -0.273 e. The largest absolute Gasteiger partial charge is 0.288 e. The summed E-state index contributed by atoms with van der Waals surface area (Å²) in [5, 5.41) is 14.8. The highest BCUT2D eigenvalue weighted by atomic mass is 35.5. The molecule has 1 atom stereocenters. The van der Waals surface area contributed by atoms with Gasteiger partial charge in [0.25, 0.3) is 5.69 Å². The van der Waals surface area contributed by atoms with Gasteiger partial charge in [0.2, 0.25) is 5.91 Å². The van der Waals surface area contributed by atoms with E-state index in [2.05, 4.69) is 10.5 Å². The number of hydrogen-bond donors (Lipinski definition) is 1. The molecule has 1 aliphatic heterocycles. The van der Waals surface area contributed by atoms with Gasteiger partial charge in [0.1, 0.15) is 5.02 Å². The number of hydrogen-bond acceptors (Lipinski definition) is 4. The Morgan fingerprint density at radius 3 is 2.89 bits per heavy atom. The second-order valence-electron chi connectivity index (χ2n) is 4.06. The molecule has 0 spiro atoms. The number of nitro groups is 1. The highest BCUT2D eigenvalue weighted by Gasteiger charge is 2.23. The molecular weight excluding hydrogens is 258 g/mol. The lowest BCUT2D eigenvalue weighted by molar-refractivity contribution is -0.384. The van der Waals surface area contributed by atoms with E-state index < -0.39 is 4.92 Å². The maximum atomic E-state index is 11.1. The van der Waals surface area contributed by atoms with Crippen LogP contribution in [0.3, 0.4) is 0 Å². The van der Waals surface area contributed by atoms with Gasteiger partial charge in [0.15, 0.2) is 0 Å². The number of rotatable bonds is 2. The summed E-state index contributed by atoms with van der Waals surface area (Å²) in [5.41, 5.74) is 3.42. The van der Waals surface area contributed by atoms with Crippen LogP contribution >= 0.6 is 11.6 Å². The van der Waals surface area contributed by atoms with Crippen LogP contribution in [-0.4, -0.2) is 16.5 Å². The molecule has 0 aromatic heterocycles. The van der Waals surface area contributed by atoms with Crippen molar-refractivity contribution in [3.63, 3.8) is 0 Å². The first-order chi connectivity index (χ1) is 8.49. The lowest BCUT2D eigenvalue weighted by Crippen LogP contribution is -2.31. The standard InChI is InChI=1S/C11H10ClN3O3/c1-6-4-10(16)13-14-11(6)7-2-3-8(12)9(5-7)15(17)18/h2-3,5-6H,4H2,1H3,(H,13,16). The van der Waals surface area contributed by atoms with Gasteiger partial charge in [0.05, 0.1) is 10.6 Å². The average Bonchev–Trinajstić information content (AvgIpc) is 2.30. The first kappa shape index (κ1) is 12.5. The van der Waals surface area contributed by atoms with Crippen LogP contribution in [-0.2, 0) is 4.79 Å². The molecule has 1 heterocycles. The number of carbonyl (C=O) groups excluding carboxylic acids is 1. The van der Waals surface area contributed by atoms with Gasteiger partial charge in [0, 0.05) is 24.0 Å². The number of nitrogens with one attached hydrogen (secondary N) is 1. The molecule has 1 aromatic rings. The molecule has 1 amide bonds. The second-order valence-corrected chi connectivity index (χ2v) is 4.47. The maximum Gasteiger partial charge on any atom is 0.288 e. The zero-order valence-electron chi connectivity index (χ0n) is 9.51. The molecule has 94 valence electrons. The van der Waals surface area contributed by atoms with Crippen LogP contribution in [0.1, 0.15) is 18.9 Å². The zero-order valence-corrected chi connectivity index (χ0v) is 10.3. The van der Waals surface area contributed by atoms with Crippen LogP contribution in [0, 0.1) is 16.0 Å². The second kappa shape index (κ2) is 4.73. The van der Waals surface area contributed by atoms with E-state index in [4.69, 9.17) is 11.6 Å². The predicted molar refractivity (Wildman–Crippen MR) is 66.6 cm³/mol. The molecule has 18 heavy (non-hydrogen) atoms. The zero-order chi connectivity index (χ0) is 13.3. The summed E-state index contributed by atoms with van der Waals surface area (Å²) in [6, 6.07) is 4.48. The molecule has 0 aliphatic carbocycles. The van der Waals surface area contributed by atoms with E-state index in [0.29, 0.717) is 17.7 Å². The van der Waals surface area contributed by atoms with E-state index in [1.807, 2.05) is 6.92 Å². The van der Waals surface area contributed by atoms with E-state index in [0.717, 1.165) is 0 Å². The van der Waals surface area contributed by atoms with Gasteiger partial charge >= 0.3 is 0 Å². The van der Waals surface area contributed by atoms with E-state index >= 15 is 0 Å². The third kappa shape index (κ3) is 2.33. The van der Waals surface area contributed by atoms with E-state index in [9.17, 15) is 14.9 Å². The van der Waals surface area contributed by atoms with Crippen molar-refractivity contribution in [1.82, 2.24) is 5.43 Å². The Kier molecular flexibility index (Phi) is 3.29. The van der Waals surface area contributed by atoms with Crippen LogP contribution in [0.2, 0.25) is 5.02 Å². The number of halogens is 1. The van der Waals surface area contributed by atoms with Crippen LogP contribution < -0.4 is 5.43 Å². The highest BCUT2D eigenvalue weighted by molar-refractivity contribution is 6.32. The molecule has 7 heteroatoms. The molecule has 2 rings (SSSR count). The average molecular weight is 268 g/mol. The van der Waals surface area contributed by atoms with E-state index in [1.165, 1.54) is 12.1 Å². The Morgan fingerprint density at radius 2 is 2.28 bits per heavy atom. The predicted octanol–water partition coefficient (Wildman–Crippen LogP) is 2.11. The van der Waals surface area contributed by atoms with E-state index in [-0.39, 0.29) is 22.5 Å². The van der Waals surface area contributed by atoms with Crippen LogP contribution in [0.4, 0.5) is 5.69 Å². The van der Waals surface area contributed by atoms with Crippen molar-refractivity contribution in [1.29, 1.82) is 0 Å². The molecule has 0 saturated carbocycles. The lowest BCUT2D eigenvalue weighted by Gasteiger charge is -2.18. The Hall–Kier alpha value is -1.95. The summed E-state index contributed by atoms with van der Waals surface area (Å²) < 4.78 is 0.